The molecule has 0 bridgehead atoms. The van der Waals surface area contributed by atoms with Crippen molar-refractivity contribution in [2.24, 2.45) is 0 Å². The number of H-pyrrole nitrogens is 1. The van der Waals surface area contributed by atoms with E-state index in [1.54, 1.807) is 6.33 Å². The maximum atomic E-state index is 12.6. The third-order valence-corrected chi connectivity index (χ3v) is 4.85. The van der Waals surface area contributed by atoms with Gasteiger partial charge < -0.3 is 19.9 Å². The van der Waals surface area contributed by atoms with Crippen LogP contribution in [0.3, 0.4) is 0 Å². The Balaban J connectivity index is 1.83. The van der Waals surface area contributed by atoms with Crippen LogP contribution in [0.1, 0.15) is 58.8 Å². The first kappa shape index (κ1) is 16.3. The number of nitrogens with zero attached hydrogens (tertiary/aromatic N) is 2. The number of likely N-dealkylation sites (tertiary alicyclic amines) is 1. The zero-order valence-electron chi connectivity index (χ0n) is 14.8. The molecule has 1 amide bonds. The van der Waals surface area contributed by atoms with Crippen molar-refractivity contribution in [3.8, 4) is 0 Å². The zero-order valence-corrected chi connectivity index (χ0v) is 14.8. The van der Waals surface area contributed by atoms with Crippen molar-refractivity contribution in [2.75, 3.05) is 13.1 Å². The largest absolute Gasteiger partial charge is 0.444 e. The van der Waals surface area contributed by atoms with Gasteiger partial charge in [-0.1, -0.05) is 0 Å². The Kier molecular flexibility index (Phi) is 3.71. The average molecular weight is 320 g/mol. The van der Waals surface area contributed by atoms with Crippen LogP contribution in [0.15, 0.2) is 6.33 Å². The molecule has 1 atom stereocenters. The second-order valence-corrected chi connectivity index (χ2v) is 8.36. The molecule has 3 heterocycles. The van der Waals surface area contributed by atoms with Crippen molar-refractivity contribution in [3.05, 3.63) is 17.7 Å². The molecule has 1 saturated heterocycles. The number of rotatable bonds is 0. The molecule has 23 heavy (non-hydrogen) atoms. The summed E-state index contributed by atoms with van der Waals surface area (Å²) < 4.78 is 5.59. The van der Waals surface area contributed by atoms with E-state index in [1.165, 1.54) is 5.69 Å². The summed E-state index contributed by atoms with van der Waals surface area (Å²) in [6.07, 6.45) is 4.22. The lowest BCUT2D eigenvalue weighted by Crippen LogP contribution is -2.63. The topological polar surface area (TPSA) is 70.2 Å². The Hall–Kier alpha value is -1.56. The number of carbonyl (C=O) groups excluding carboxylic acids is 1. The van der Waals surface area contributed by atoms with Crippen LogP contribution in [0.4, 0.5) is 4.79 Å². The van der Waals surface area contributed by atoms with E-state index in [9.17, 15) is 4.79 Å². The molecule has 1 spiro atoms. The van der Waals surface area contributed by atoms with E-state index >= 15 is 0 Å². The molecule has 6 nitrogen and oxygen atoms in total. The number of amides is 1. The molecule has 1 aromatic rings. The Bertz CT molecular complexity index is 602. The van der Waals surface area contributed by atoms with E-state index in [4.69, 9.17) is 4.74 Å². The molecular weight excluding hydrogens is 292 g/mol. The van der Waals surface area contributed by atoms with Gasteiger partial charge in [-0.3, -0.25) is 0 Å². The maximum absolute atomic E-state index is 12.6. The Morgan fingerprint density at radius 2 is 2.13 bits per heavy atom. The SMILES string of the molecule is CC(C)(C)OC(=O)N1CCC2(CC1(C)C)NCCc1[nH]cnc12. The fourth-order valence-electron chi connectivity index (χ4n) is 3.97. The van der Waals surface area contributed by atoms with Gasteiger partial charge in [-0.2, -0.15) is 0 Å². The smallest absolute Gasteiger partial charge is 0.410 e. The van der Waals surface area contributed by atoms with Crippen LogP contribution in [0.25, 0.3) is 0 Å². The molecule has 1 aromatic heterocycles. The number of aromatic amines is 1. The van der Waals surface area contributed by atoms with Crippen LogP contribution in [0.5, 0.6) is 0 Å². The van der Waals surface area contributed by atoms with Gasteiger partial charge in [0.15, 0.2) is 0 Å². The minimum absolute atomic E-state index is 0.143. The minimum Gasteiger partial charge on any atom is -0.444 e. The summed E-state index contributed by atoms with van der Waals surface area (Å²) in [4.78, 5) is 22.3. The first-order chi connectivity index (χ1) is 10.6. The van der Waals surface area contributed by atoms with Crippen molar-refractivity contribution in [1.82, 2.24) is 20.2 Å². The summed E-state index contributed by atoms with van der Waals surface area (Å²) in [6.45, 7) is 11.5. The van der Waals surface area contributed by atoms with Gasteiger partial charge in [0.2, 0.25) is 0 Å². The number of imidazole rings is 1. The molecule has 2 N–H and O–H groups in total. The van der Waals surface area contributed by atoms with Crippen LogP contribution < -0.4 is 5.32 Å². The first-order valence-corrected chi connectivity index (χ1v) is 8.41. The Labute approximate surface area is 138 Å². The van der Waals surface area contributed by atoms with E-state index in [2.05, 4.69) is 29.1 Å². The predicted molar refractivity (Wildman–Crippen MR) is 88.2 cm³/mol. The number of nitrogens with one attached hydrogen (secondary N) is 2. The van der Waals surface area contributed by atoms with E-state index < -0.39 is 5.60 Å². The standard InChI is InChI=1S/C17H28N4O2/c1-15(2,3)23-14(22)21-9-7-17(10-16(21,4)5)13-12(6-8-20-17)18-11-19-13/h11,20H,6-10H2,1-5H3,(H,18,19). The van der Waals surface area contributed by atoms with Crippen LogP contribution in [-0.4, -0.2) is 45.2 Å². The molecule has 0 radical (unpaired) electrons. The molecule has 1 unspecified atom stereocenters. The summed E-state index contributed by atoms with van der Waals surface area (Å²) in [5.41, 5.74) is 1.45. The zero-order chi connectivity index (χ0) is 16.9. The highest BCUT2D eigenvalue weighted by Gasteiger charge is 2.50. The number of aromatic nitrogens is 2. The number of hydrogen-bond donors (Lipinski definition) is 2. The highest BCUT2D eigenvalue weighted by atomic mass is 16.6. The average Bonchev–Trinajstić information content (AvgIpc) is 2.85. The third kappa shape index (κ3) is 2.96. The fourth-order valence-corrected chi connectivity index (χ4v) is 3.97. The molecule has 0 saturated carbocycles. The quantitative estimate of drug-likeness (QED) is 0.771. The van der Waals surface area contributed by atoms with Gasteiger partial charge in [-0.05, 0) is 47.5 Å². The van der Waals surface area contributed by atoms with E-state index in [0.29, 0.717) is 6.54 Å². The summed E-state index contributed by atoms with van der Waals surface area (Å²) in [5, 5.41) is 3.68. The first-order valence-electron chi connectivity index (χ1n) is 8.41. The number of fused-ring (bicyclic) bond motifs is 2. The lowest BCUT2D eigenvalue weighted by molar-refractivity contribution is -0.0256. The third-order valence-electron chi connectivity index (χ3n) is 4.85. The number of carbonyl (C=O) groups is 1. The van der Waals surface area contributed by atoms with Crippen LogP contribution in [0, 0.1) is 0 Å². The number of ether oxygens (including phenoxy) is 1. The van der Waals surface area contributed by atoms with Gasteiger partial charge in [-0.15, -0.1) is 0 Å². The molecule has 128 valence electrons. The summed E-state index contributed by atoms with van der Waals surface area (Å²) in [7, 11) is 0. The van der Waals surface area contributed by atoms with Crippen molar-refractivity contribution < 1.29 is 9.53 Å². The van der Waals surface area contributed by atoms with E-state index in [1.807, 2.05) is 25.7 Å². The second-order valence-electron chi connectivity index (χ2n) is 8.36. The van der Waals surface area contributed by atoms with Crippen LogP contribution in [-0.2, 0) is 16.7 Å². The molecule has 2 aliphatic rings. The molecule has 0 aromatic carbocycles. The second kappa shape index (κ2) is 5.23. The Morgan fingerprint density at radius 1 is 1.39 bits per heavy atom. The summed E-state index contributed by atoms with van der Waals surface area (Å²) in [6, 6.07) is 0. The van der Waals surface area contributed by atoms with Gasteiger partial charge in [-0.25, -0.2) is 9.78 Å². The predicted octanol–water partition coefficient (Wildman–Crippen LogP) is 2.56. The molecular formula is C17H28N4O2. The van der Waals surface area contributed by atoms with Crippen molar-refractivity contribution in [2.45, 2.75) is 70.6 Å². The van der Waals surface area contributed by atoms with Crippen molar-refractivity contribution in [3.63, 3.8) is 0 Å². The number of piperidine rings is 1. The molecule has 6 heteroatoms. The highest BCUT2D eigenvalue weighted by molar-refractivity contribution is 5.69. The van der Waals surface area contributed by atoms with Crippen molar-refractivity contribution in [1.29, 1.82) is 0 Å². The lowest BCUT2D eigenvalue weighted by Gasteiger charge is -2.52. The molecule has 0 aliphatic carbocycles. The van der Waals surface area contributed by atoms with Gasteiger partial charge in [0, 0.05) is 30.7 Å². The minimum atomic E-state index is -0.471. The molecule has 2 aliphatic heterocycles. The van der Waals surface area contributed by atoms with Crippen LogP contribution in [0.2, 0.25) is 0 Å². The normalized spacial score (nSPS) is 26.9. The van der Waals surface area contributed by atoms with Gasteiger partial charge >= 0.3 is 6.09 Å². The van der Waals surface area contributed by atoms with Crippen molar-refractivity contribution >= 4 is 6.09 Å². The number of hydrogen-bond acceptors (Lipinski definition) is 4. The van der Waals surface area contributed by atoms with Gasteiger partial charge in [0.25, 0.3) is 0 Å². The Morgan fingerprint density at radius 3 is 2.78 bits per heavy atom. The van der Waals surface area contributed by atoms with E-state index in [0.717, 1.165) is 31.5 Å². The van der Waals surface area contributed by atoms with Gasteiger partial charge in [0.1, 0.15) is 5.60 Å². The molecule has 1 fully saturated rings. The van der Waals surface area contributed by atoms with E-state index in [-0.39, 0.29) is 17.2 Å². The summed E-state index contributed by atoms with van der Waals surface area (Å²) in [5.74, 6) is 0. The molecule has 3 rings (SSSR count). The lowest BCUT2D eigenvalue weighted by atomic mass is 9.73. The highest BCUT2D eigenvalue weighted by Crippen LogP contribution is 2.43. The van der Waals surface area contributed by atoms with Crippen LogP contribution >= 0.6 is 0 Å². The van der Waals surface area contributed by atoms with Gasteiger partial charge in [0.05, 0.1) is 17.6 Å². The fraction of sp³-hybridized carbons (Fsp3) is 0.765. The monoisotopic (exact) mass is 320 g/mol. The maximum Gasteiger partial charge on any atom is 0.410 e. The summed E-state index contributed by atoms with van der Waals surface area (Å²) >= 11 is 0.